The second-order valence-electron chi connectivity index (χ2n) is 10.2. The summed E-state index contributed by atoms with van der Waals surface area (Å²) in [5.41, 5.74) is 5.86. The van der Waals surface area contributed by atoms with Gasteiger partial charge in [0.15, 0.2) is 0 Å². The molecule has 0 saturated heterocycles. The van der Waals surface area contributed by atoms with Crippen LogP contribution in [0.3, 0.4) is 0 Å². The molecule has 4 saturated carbocycles. The molecule has 4 fully saturated rings. The number of fused-ring (bicyclic) bond motifs is 4. The fraction of sp³-hybridized carbons (Fsp3) is 0.900. The normalized spacial score (nSPS) is 54.9. The van der Waals surface area contributed by atoms with Crippen LogP contribution in [0, 0.1) is 33.5 Å². The van der Waals surface area contributed by atoms with Crippen LogP contribution in [0.2, 0.25) is 0 Å². The molecular weight excluding hydrogens is 240 g/mol. The van der Waals surface area contributed by atoms with Gasteiger partial charge in [0.2, 0.25) is 0 Å². The van der Waals surface area contributed by atoms with Crippen molar-refractivity contribution in [3.05, 3.63) is 11.1 Å². The monoisotopic (exact) mass is 272 g/mol. The molecule has 4 aliphatic rings. The number of rotatable bonds is 0. The summed E-state index contributed by atoms with van der Waals surface area (Å²) in [5, 5.41) is 0. The van der Waals surface area contributed by atoms with E-state index >= 15 is 0 Å². The Bertz CT molecular complexity index is 447. The first-order chi connectivity index (χ1) is 9.11. The van der Waals surface area contributed by atoms with Crippen LogP contribution in [0.1, 0.15) is 80.1 Å². The van der Waals surface area contributed by atoms with E-state index in [0.717, 1.165) is 11.8 Å². The maximum absolute atomic E-state index is 2.59. The standard InChI is InChI=1S/C20H32/c1-17(2)13-7-9-19(5,11-13)15(17)16-18(3,4)14-8-10-20(16,6)12-14/h13-14H,7-12H2,1-6H3. The molecule has 4 unspecified atom stereocenters. The van der Waals surface area contributed by atoms with Crippen molar-refractivity contribution in [1.82, 2.24) is 0 Å². The third-order valence-corrected chi connectivity index (χ3v) is 8.27. The fourth-order valence-corrected chi connectivity index (χ4v) is 7.38. The van der Waals surface area contributed by atoms with Crippen molar-refractivity contribution in [1.29, 1.82) is 0 Å². The first kappa shape index (κ1) is 13.4. The molecule has 0 aromatic carbocycles. The lowest BCUT2D eigenvalue weighted by atomic mass is 9.58. The van der Waals surface area contributed by atoms with E-state index in [1.165, 1.54) is 38.5 Å². The molecule has 20 heavy (non-hydrogen) atoms. The molecule has 4 aliphatic carbocycles. The van der Waals surface area contributed by atoms with Crippen LogP contribution >= 0.6 is 0 Å². The molecule has 0 aromatic rings. The van der Waals surface area contributed by atoms with Crippen molar-refractivity contribution in [2.75, 3.05) is 0 Å². The SMILES string of the molecule is CC12CCC(C1)C(C)(C)C2=C1C2(C)CCC(C2)C1(C)C. The summed E-state index contributed by atoms with van der Waals surface area (Å²) in [6.07, 6.45) is 8.79. The Kier molecular flexibility index (Phi) is 2.27. The minimum atomic E-state index is 0.465. The molecular formula is C20H32. The molecule has 0 radical (unpaired) electrons. The van der Waals surface area contributed by atoms with Crippen molar-refractivity contribution >= 4 is 0 Å². The molecule has 4 bridgehead atoms. The zero-order chi connectivity index (χ0) is 14.6. The summed E-state index contributed by atoms with van der Waals surface area (Å²) in [6, 6.07) is 0. The Morgan fingerprint density at radius 1 is 0.650 bits per heavy atom. The van der Waals surface area contributed by atoms with E-state index in [0.29, 0.717) is 21.7 Å². The summed E-state index contributed by atoms with van der Waals surface area (Å²) in [4.78, 5) is 0. The van der Waals surface area contributed by atoms with Crippen molar-refractivity contribution in [2.24, 2.45) is 33.5 Å². The van der Waals surface area contributed by atoms with Crippen LogP contribution in [0.5, 0.6) is 0 Å². The third-order valence-electron chi connectivity index (χ3n) is 8.27. The van der Waals surface area contributed by atoms with E-state index in [9.17, 15) is 0 Å². The number of hydrogen-bond donors (Lipinski definition) is 0. The summed E-state index contributed by atoms with van der Waals surface area (Å²) >= 11 is 0. The topological polar surface area (TPSA) is 0 Å². The Labute approximate surface area is 125 Å². The zero-order valence-corrected chi connectivity index (χ0v) is 14.4. The van der Waals surface area contributed by atoms with Crippen LogP contribution in [0.15, 0.2) is 11.1 Å². The second kappa shape index (κ2) is 3.39. The van der Waals surface area contributed by atoms with Gasteiger partial charge < -0.3 is 0 Å². The molecule has 112 valence electrons. The van der Waals surface area contributed by atoms with Gasteiger partial charge in [0.1, 0.15) is 0 Å². The predicted molar refractivity (Wildman–Crippen MR) is 85.5 cm³/mol. The van der Waals surface area contributed by atoms with Crippen LogP contribution in [0.4, 0.5) is 0 Å². The van der Waals surface area contributed by atoms with E-state index in [4.69, 9.17) is 0 Å². The summed E-state index contributed by atoms with van der Waals surface area (Å²) in [5.74, 6) is 1.90. The minimum Gasteiger partial charge on any atom is -0.0580 e. The van der Waals surface area contributed by atoms with Gasteiger partial charge in [-0.15, -0.1) is 0 Å². The smallest absolute Gasteiger partial charge is 0.0105 e. The van der Waals surface area contributed by atoms with Crippen molar-refractivity contribution in [3.8, 4) is 0 Å². The average Bonchev–Trinajstić information content (AvgIpc) is 2.97. The second-order valence-corrected chi connectivity index (χ2v) is 10.2. The summed E-state index contributed by atoms with van der Waals surface area (Å²) in [7, 11) is 0. The lowest BCUT2D eigenvalue weighted by Crippen LogP contribution is -2.36. The van der Waals surface area contributed by atoms with E-state index in [2.05, 4.69) is 41.5 Å². The van der Waals surface area contributed by atoms with E-state index in [-0.39, 0.29) is 0 Å². The first-order valence-electron chi connectivity index (χ1n) is 8.87. The van der Waals surface area contributed by atoms with Crippen LogP contribution in [-0.2, 0) is 0 Å². The van der Waals surface area contributed by atoms with Gasteiger partial charge >= 0.3 is 0 Å². The highest BCUT2D eigenvalue weighted by Crippen LogP contribution is 2.74. The molecule has 0 amide bonds. The van der Waals surface area contributed by atoms with Crippen LogP contribution in [-0.4, -0.2) is 0 Å². The highest BCUT2D eigenvalue weighted by atomic mass is 14.7. The predicted octanol–water partition coefficient (Wildman–Crippen LogP) is 5.98. The van der Waals surface area contributed by atoms with Crippen LogP contribution in [0.25, 0.3) is 0 Å². The average molecular weight is 272 g/mol. The van der Waals surface area contributed by atoms with Crippen molar-refractivity contribution in [2.45, 2.75) is 80.1 Å². The lowest BCUT2D eigenvalue weighted by molar-refractivity contribution is 0.223. The minimum absolute atomic E-state index is 0.465. The Morgan fingerprint density at radius 3 is 1.25 bits per heavy atom. The molecule has 0 heteroatoms. The molecule has 0 N–H and O–H groups in total. The fourth-order valence-electron chi connectivity index (χ4n) is 7.38. The molecule has 0 heterocycles. The van der Waals surface area contributed by atoms with E-state index < -0.39 is 0 Å². The highest BCUT2D eigenvalue weighted by Gasteiger charge is 2.63. The highest BCUT2D eigenvalue weighted by molar-refractivity contribution is 5.44. The lowest BCUT2D eigenvalue weighted by Gasteiger charge is -2.47. The van der Waals surface area contributed by atoms with Gasteiger partial charge in [0.25, 0.3) is 0 Å². The van der Waals surface area contributed by atoms with E-state index in [1.807, 2.05) is 11.1 Å². The third kappa shape index (κ3) is 1.30. The van der Waals surface area contributed by atoms with Crippen molar-refractivity contribution in [3.63, 3.8) is 0 Å². The van der Waals surface area contributed by atoms with Gasteiger partial charge in [-0.3, -0.25) is 0 Å². The van der Waals surface area contributed by atoms with Gasteiger partial charge in [0.05, 0.1) is 0 Å². The van der Waals surface area contributed by atoms with Gasteiger partial charge in [-0.05, 0) is 72.0 Å². The van der Waals surface area contributed by atoms with Gasteiger partial charge in [0, 0.05) is 0 Å². The molecule has 0 aromatic heterocycles. The van der Waals surface area contributed by atoms with Gasteiger partial charge in [-0.1, -0.05) is 52.7 Å². The zero-order valence-electron chi connectivity index (χ0n) is 14.4. The largest absolute Gasteiger partial charge is 0.0580 e. The van der Waals surface area contributed by atoms with E-state index in [1.54, 1.807) is 0 Å². The number of allylic oxidation sites excluding steroid dienone is 2. The van der Waals surface area contributed by atoms with Crippen molar-refractivity contribution < 1.29 is 0 Å². The first-order valence-corrected chi connectivity index (χ1v) is 8.87. The summed E-state index contributed by atoms with van der Waals surface area (Å²) < 4.78 is 0. The van der Waals surface area contributed by atoms with Gasteiger partial charge in [-0.2, -0.15) is 0 Å². The molecule has 4 rings (SSSR count). The molecule has 0 nitrogen and oxygen atoms in total. The maximum atomic E-state index is 2.59. The maximum Gasteiger partial charge on any atom is -0.0105 e. The quantitative estimate of drug-likeness (QED) is 0.476. The Morgan fingerprint density at radius 2 is 1.00 bits per heavy atom. The van der Waals surface area contributed by atoms with Gasteiger partial charge in [-0.25, -0.2) is 0 Å². The summed E-state index contributed by atoms with van der Waals surface area (Å²) in [6.45, 7) is 15.4. The van der Waals surface area contributed by atoms with Crippen LogP contribution < -0.4 is 0 Å². The number of hydrogen-bond acceptors (Lipinski definition) is 0. The Balaban J connectivity index is 1.98. The molecule has 0 spiro atoms. The molecule has 0 aliphatic heterocycles. The molecule has 4 atom stereocenters. The Hall–Kier alpha value is -0.260.